The van der Waals surface area contributed by atoms with Crippen molar-refractivity contribution < 1.29 is 9.53 Å². The number of ether oxygens (including phenoxy) is 1. The lowest BCUT2D eigenvalue weighted by atomic mass is 9.86. The Labute approximate surface area is 97.1 Å². The van der Waals surface area contributed by atoms with Gasteiger partial charge in [0.05, 0.1) is 17.6 Å². The van der Waals surface area contributed by atoms with Crippen molar-refractivity contribution in [2.24, 2.45) is 11.1 Å². The minimum absolute atomic E-state index is 0.206. The van der Waals surface area contributed by atoms with E-state index in [2.05, 4.69) is 0 Å². The Morgan fingerprint density at radius 2 is 2.00 bits per heavy atom. The number of hydrogen-bond donors (Lipinski definition) is 1. The molecule has 2 heterocycles. The number of carbonyl (C=O) groups is 1. The lowest BCUT2D eigenvalue weighted by molar-refractivity contribution is -0.149. The summed E-state index contributed by atoms with van der Waals surface area (Å²) in [4.78, 5) is 14.4. The van der Waals surface area contributed by atoms with E-state index in [-0.39, 0.29) is 18.1 Å². The predicted molar refractivity (Wildman–Crippen MR) is 61.9 cm³/mol. The summed E-state index contributed by atoms with van der Waals surface area (Å²) in [7, 11) is 0. The predicted octanol–water partition coefficient (Wildman–Crippen LogP) is 0.751. The Balaban J connectivity index is 2.05. The van der Waals surface area contributed by atoms with Gasteiger partial charge in [-0.15, -0.1) is 0 Å². The first-order valence-corrected chi connectivity index (χ1v) is 6.24. The highest BCUT2D eigenvalue weighted by atomic mass is 16.5. The van der Waals surface area contributed by atoms with Crippen LogP contribution in [0.3, 0.4) is 0 Å². The number of nitrogens with two attached hydrogens (primary N) is 1. The highest BCUT2D eigenvalue weighted by Crippen LogP contribution is 2.30. The van der Waals surface area contributed by atoms with Gasteiger partial charge in [-0.3, -0.25) is 4.79 Å². The van der Waals surface area contributed by atoms with Gasteiger partial charge in [-0.05, 0) is 26.2 Å². The molecule has 3 unspecified atom stereocenters. The lowest BCUT2D eigenvalue weighted by Gasteiger charge is -2.38. The Bertz CT molecular complexity index is 264. The van der Waals surface area contributed by atoms with Crippen LogP contribution in [0.2, 0.25) is 0 Å². The number of morpholine rings is 1. The van der Waals surface area contributed by atoms with Crippen molar-refractivity contribution >= 4 is 5.91 Å². The first-order valence-electron chi connectivity index (χ1n) is 6.24. The van der Waals surface area contributed by atoms with Crippen LogP contribution in [-0.2, 0) is 9.53 Å². The van der Waals surface area contributed by atoms with Gasteiger partial charge < -0.3 is 15.4 Å². The maximum atomic E-state index is 12.4. The zero-order chi connectivity index (χ0) is 11.8. The van der Waals surface area contributed by atoms with Crippen LogP contribution in [0.4, 0.5) is 0 Å². The zero-order valence-corrected chi connectivity index (χ0v) is 10.2. The van der Waals surface area contributed by atoms with E-state index in [1.165, 1.54) is 0 Å². The fourth-order valence-electron chi connectivity index (χ4n) is 2.55. The molecule has 2 rings (SSSR count). The van der Waals surface area contributed by atoms with Gasteiger partial charge in [0, 0.05) is 19.6 Å². The van der Waals surface area contributed by atoms with E-state index in [4.69, 9.17) is 10.5 Å². The second kappa shape index (κ2) is 4.34. The molecule has 4 nitrogen and oxygen atoms in total. The first kappa shape index (κ1) is 11.9. The number of amides is 1. The van der Waals surface area contributed by atoms with E-state index in [0.29, 0.717) is 6.54 Å². The fraction of sp³-hybridized carbons (Fsp3) is 0.917. The van der Waals surface area contributed by atoms with Crippen LogP contribution in [0, 0.1) is 5.41 Å². The third-order valence-electron chi connectivity index (χ3n) is 4.08. The number of nitrogens with zero attached hydrogens (tertiary/aromatic N) is 1. The van der Waals surface area contributed by atoms with Gasteiger partial charge in [0.1, 0.15) is 0 Å². The first-order chi connectivity index (χ1) is 7.59. The van der Waals surface area contributed by atoms with Crippen molar-refractivity contribution in [2.45, 2.75) is 45.3 Å². The highest BCUT2D eigenvalue weighted by molar-refractivity contribution is 5.82. The third-order valence-corrected chi connectivity index (χ3v) is 4.08. The van der Waals surface area contributed by atoms with Gasteiger partial charge in [-0.25, -0.2) is 0 Å². The molecular formula is C12H22N2O2. The van der Waals surface area contributed by atoms with Crippen LogP contribution in [0.5, 0.6) is 0 Å². The van der Waals surface area contributed by atoms with E-state index >= 15 is 0 Å². The summed E-state index contributed by atoms with van der Waals surface area (Å²) >= 11 is 0. The van der Waals surface area contributed by atoms with Crippen LogP contribution >= 0.6 is 0 Å². The van der Waals surface area contributed by atoms with Crippen molar-refractivity contribution in [1.29, 1.82) is 0 Å². The number of rotatable bonds is 3. The molecule has 16 heavy (non-hydrogen) atoms. The summed E-state index contributed by atoms with van der Waals surface area (Å²) in [5.41, 5.74) is 5.34. The van der Waals surface area contributed by atoms with E-state index in [1.807, 2.05) is 18.7 Å². The SMILES string of the molecule is CCC(C)(CN)C(=O)N1CC2CCC(C1)O2. The summed E-state index contributed by atoms with van der Waals surface area (Å²) < 4.78 is 5.73. The van der Waals surface area contributed by atoms with Gasteiger partial charge in [0.2, 0.25) is 5.91 Å². The quantitative estimate of drug-likeness (QED) is 0.772. The van der Waals surface area contributed by atoms with Gasteiger partial charge in [0.25, 0.3) is 0 Å². The minimum atomic E-state index is -0.392. The molecule has 2 N–H and O–H groups in total. The van der Waals surface area contributed by atoms with Crippen molar-refractivity contribution in [3.63, 3.8) is 0 Å². The van der Waals surface area contributed by atoms with Gasteiger partial charge in [0.15, 0.2) is 0 Å². The molecule has 0 saturated carbocycles. The summed E-state index contributed by atoms with van der Waals surface area (Å²) in [5, 5.41) is 0. The zero-order valence-electron chi connectivity index (χ0n) is 10.2. The smallest absolute Gasteiger partial charge is 0.229 e. The molecule has 0 radical (unpaired) electrons. The molecule has 0 aromatic carbocycles. The molecule has 0 aromatic rings. The topological polar surface area (TPSA) is 55.6 Å². The standard InChI is InChI=1S/C12H22N2O2/c1-3-12(2,8-13)11(15)14-6-9-4-5-10(7-14)16-9/h9-10H,3-8,13H2,1-2H3. The Kier molecular flexibility index (Phi) is 3.22. The molecule has 2 saturated heterocycles. The molecule has 2 fully saturated rings. The summed E-state index contributed by atoms with van der Waals surface area (Å²) in [6, 6.07) is 0. The molecule has 1 amide bonds. The second-order valence-corrected chi connectivity index (χ2v) is 5.29. The summed E-state index contributed by atoms with van der Waals surface area (Å²) in [6.45, 7) is 5.93. The van der Waals surface area contributed by atoms with Crippen molar-refractivity contribution in [3.05, 3.63) is 0 Å². The summed E-state index contributed by atoms with van der Waals surface area (Å²) in [6.07, 6.45) is 3.53. The van der Waals surface area contributed by atoms with Crippen LogP contribution in [0.15, 0.2) is 0 Å². The number of hydrogen-bond acceptors (Lipinski definition) is 3. The van der Waals surface area contributed by atoms with Gasteiger partial charge in [-0.2, -0.15) is 0 Å². The minimum Gasteiger partial charge on any atom is -0.371 e. The maximum absolute atomic E-state index is 12.4. The van der Waals surface area contributed by atoms with Crippen LogP contribution in [-0.4, -0.2) is 42.6 Å². The Morgan fingerprint density at radius 1 is 1.44 bits per heavy atom. The average Bonchev–Trinajstić information content (AvgIpc) is 2.66. The van der Waals surface area contributed by atoms with E-state index in [1.54, 1.807) is 0 Å². The third kappa shape index (κ3) is 1.96. The van der Waals surface area contributed by atoms with Gasteiger partial charge in [-0.1, -0.05) is 6.92 Å². The van der Waals surface area contributed by atoms with E-state index in [0.717, 1.165) is 32.4 Å². The van der Waals surface area contributed by atoms with Crippen molar-refractivity contribution in [2.75, 3.05) is 19.6 Å². The van der Waals surface area contributed by atoms with Crippen LogP contribution in [0.25, 0.3) is 0 Å². The Morgan fingerprint density at radius 3 is 2.44 bits per heavy atom. The highest BCUT2D eigenvalue weighted by Gasteiger charge is 2.40. The lowest BCUT2D eigenvalue weighted by Crippen LogP contribution is -2.52. The molecule has 4 heteroatoms. The molecule has 0 aromatic heterocycles. The molecule has 2 aliphatic heterocycles. The summed E-state index contributed by atoms with van der Waals surface area (Å²) in [5.74, 6) is 0.206. The van der Waals surface area contributed by atoms with E-state index < -0.39 is 5.41 Å². The normalized spacial score (nSPS) is 32.6. The molecule has 0 spiro atoms. The average molecular weight is 226 g/mol. The Hall–Kier alpha value is -0.610. The number of fused-ring (bicyclic) bond motifs is 2. The molecular weight excluding hydrogens is 204 g/mol. The van der Waals surface area contributed by atoms with E-state index in [9.17, 15) is 4.79 Å². The largest absolute Gasteiger partial charge is 0.371 e. The number of carbonyl (C=O) groups excluding carboxylic acids is 1. The van der Waals surface area contributed by atoms with Crippen LogP contribution in [0.1, 0.15) is 33.1 Å². The van der Waals surface area contributed by atoms with Crippen LogP contribution < -0.4 is 5.73 Å². The molecule has 3 atom stereocenters. The number of likely N-dealkylation sites (tertiary alicyclic amines) is 1. The molecule has 0 aliphatic carbocycles. The molecule has 2 bridgehead atoms. The fourth-order valence-corrected chi connectivity index (χ4v) is 2.55. The maximum Gasteiger partial charge on any atom is 0.229 e. The monoisotopic (exact) mass is 226 g/mol. The van der Waals surface area contributed by atoms with Crippen molar-refractivity contribution in [1.82, 2.24) is 4.90 Å². The van der Waals surface area contributed by atoms with Gasteiger partial charge >= 0.3 is 0 Å². The molecule has 2 aliphatic rings. The van der Waals surface area contributed by atoms with Crippen molar-refractivity contribution in [3.8, 4) is 0 Å². The second-order valence-electron chi connectivity index (χ2n) is 5.29. The molecule has 92 valence electrons.